The number of hydrogen-bond donors (Lipinski definition) is 6. The van der Waals surface area contributed by atoms with E-state index in [9.17, 15) is 30.3 Å². The van der Waals surface area contributed by atoms with Gasteiger partial charge in [-0.25, -0.2) is 0 Å². The molecule has 1 aliphatic rings. The van der Waals surface area contributed by atoms with Gasteiger partial charge in [0.25, 0.3) is 0 Å². The Balaban J connectivity index is 2.23. The van der Waals surface area contributed by atoms with Crippen molar-refractivity contribution in [3.05, 3.63) is 12.2 Å². The summed E-state index contributed by atoms with van der Waals surface area (Å²) in [6.07, 6.45) is 40.9. The third-order valence-electron chi connectivity index (χ3n) is 12.4. The average molecular weight is 840 g/mol. The number of amides is 1. The first-order chi connectivity index (χ1) is 28.8. The molecule has 9 heteroatoms. The number of aliphatic hydroxyl groups is 5. The molecule has 1 fully saturated rings. The highest BCUT2D eigenvalue weighted by Crippen LogP contribution is 2.23. The van der Waals surface area contributed by atoms with E-state index >= 15 is 0 Å². The number of nitrogens with one attached hydrogen (secondary N) is 1. The lowest BCUT2D eigenvalue weighted by molar-refractivity contribution is -0.302. The second-order valence-corrected chi connectivity index (χ2v) is 18.0. The van der Waals surface area contributed by atoms with Gasteiger partial charge < -0.3 is 40.3 Å². The number of rotatable bonds is 43. The lowest BCUT2D eigenvalue weighted by Gasteiger charge is -2.40. The summed E-state index contributed by atoms with van der Waals surface area (Å²) >= 11 is 0. The van der Waals surface area contributed by atoms with Gasteiger partial charge in [0.15, 0.2) is 6.29 Å². The SMILES string of the molecule is CCCCCCCCC/C=C\CCCCC(O)C(COC1O[C@H](CO)[C@@H](O)[C@H](O)[C@H]1O)NC(=O)CCCCCCCCCCCCCCCCCCCCCCCCC. The standard InChI is InChI=1S/C50H97NO8/c1-3-5-7-9-11-13-15-17-18-19-20-21-22-23-24-25-26-28-30-32-34-36-38-40-46(54)51-43(42-58-50-49(57)48(56)47(55)45(41-52)59-50)44(53)39-37-35-33-31-29-27-16-14-12-10-8-6-4-2/h29,31,43-45,47-50,52-53,55-57H,3-28,30,32-42H2,1-2H3,(H,51,54)/b31-29-/t43?,44?,45-,47-,48+,49-,50?/m1/s1. The average Bonchev–Trinajstić information content (AvgIpc) is 3.23. The summed E-state index contributed by atoms with van der Waals surface area (Å²) < 4.78 is 11.3. The molecule has 7 atom stereocenters. The van der Waals surface area contributed by atoms with E-state index in [-0.39, 0.29) is 12.5 Å². The molecule has 0 radical (unpaired) electrons. The highest BCUT2D eigenvalue weighted by atomic mass is 16.7. The number of allylic oxidation sites excluding steroid dienone is 2. The number of aliphatic hydroxyl groups excluding tert-OH is 5. The van der Waals surface area contributed by atoms with Gasteiger partial charge in [-0.2, -0.15) is 0 Å². The molecule has 3 unspecified atom stereocenters. The number of unbranched alkanes of at least 4 members (excludes halogenated alkanes) is 31. The van der Waals surface area contributed by atoms with Crippen LogP contribution in [0.1, 0.15) is 245 Å². The first-order valence-electron chi connectivity index (χ1n) is 25.4. The number of ether oxygens (including phenoxy) is 2. The van der Waals surface area contributed by atoms with E-state index in [1.54, 1.807) is 0 Å². The van der Waals surface area contributed by atoms with Gasteiger partial charge in [-0.1, -0.05) is 212 Å². The summed E-state index contributed by atoms with van der Waals surface area (Å²) in [6.45, 7) is 3.83. The minimum atomic E-state index is -1.55. The highest BCUT2D eigenvalue weighted by Gasteiger charge is 2.44. The summed E-state index contributed by atoms with van der Waals surface area (Å²) in [5.41, 5.74) is 0. The molecule has 59 heavy (non-hydrogen) atoms. The normalized spacial score (nSPS) is 20.7. The van der Waals surface area contributed by atoms with Crippen molar-refractivity contribution >= 4 is 5.91 Å². The molecule has 0 aliphatic carbocycles. The van der Waals surface area contributed by atoms with Gasteiger partial charge >= 0.3 is 0 Å². The van der Waals surface area contributed by atoms with E-state index in [0.29, 0.717) is 12.8 Å². The van der Waals surface area contributed by atoms with E-state index in [1.807, 2.05) is 0 Å². The van der Waals surface area contributed by atoms with Gasteiger partial charge in [-0.15, -0.1) is 0 Å². The Hall–Kier alpha value is -1.07. The van der Waals surface area contributed by atoms with Crippen LogP contribution in [0.2, 0.25) is 0 Å². The van der Waals surface area contributed by atoms with Crippen LogP contribution in [0.3, 0.4) is 0 Å². The van der Waals surface area contributed by atoms with E-state index in [1.165, 1.54) is 173 Å². The fraction of sp³-hybridized carbons (Fsp3) is 0.940. The molecule has 0 aromatic heterocycles. The summed E-state index contributed by atoms with van der Waals surface area (Å²) in [5, 5.41) is 54.4. The van der Waals surface area contributed by atoms with Crippen molar-refractivity contribution in [2.45, 2.75) is 288 Å². The predicted octanol–water partition coefficient (Wildman–Crippen LogP) is 11.3. The molecule has 0 spiro atoms. The molecule has 1 rings (SSSR count). The molecule has 6 N–H and O–H groups in total. The Morgan fingerprint density at radius 2 is 0.949 bits per heavy atom. The first-order valence-corrected chi connectivity index (χ1v) is 25.4. The van der Waals surface area contributed by atoms with Gasteiger partial charge in [0.1, 0.15) is 24.4 Å². The van der Waals surface area contributed by atoms with Crippen molar-refractivity contribution in [1.29, 1.82) is 0 Å². The van der Waals surface area contributed by atoms with Gasteiger partial charge in [0.2, 0.25) is 5.91 Å². The Morgan fingerprint density at radius 3 is 1.37 bits per heavy atom. The molecule has 0 aromatic carbocycles. The van der Waals surface area contributed by atoms with Crippen molar-refractivity contribution in [1.82, 2.24) is 5.32 Å². The molecule has 1 amide bonds. The predicted molar refractivity (Wildman–Crippen MR) is 244 cm³/mol. The zero-order valence-corrected chi connectivity index (χ0v) is 38.5. The van der Waals surface area contributed by atoms with Crippen molar-refractivity contribution in [3.8, 4) is 0 Å². The summed E-state index contributed by atoms with van der Waals surface area (Å²) in [6, 6.07) is -0.729. The molecule has 9 nitrogen and oxygen atoms in total. The zero-order valence-electron chi connectivity index (χ0n) is 38.5. The number of carbonyl (C=O) groups excluding carboxylic acids is 1. The van der Waals surface area contributed by atoms with Crippen molar-refractivity contribution in [2.24, 2.45) is 0 Å². The summed E-state index contributed by atoms with van der Waals surface area (Å²) in [5.74, 6) is -0.150. The summed E-state index contributed by atoms with van der Waals surface area (Å²) in [4.78, 5) is 13.0. The van der Waals surface area contributed by atoms with Crippen LogP contribution >= 0.6 is 0 Å². The molecule has 0 bridgehead atoms. The van der Waals surface area contributed by atoms with Crippen molar-refractivity contribution in [2.75, 3.05) is 13.2 Å². The molecular weight excluding hydrogens is 743 g/mol. The quantitative estimate of drug-likeness (QED) is 0.0263. The number of carbonyl (C=O) groups is 1. The Kier molecular flexibility index (Phi) is 38.9. The van der Waals surface area contributed by atoms with Crippen LogP contribution in [-0.2, 0) is 14.3 Å². The maximum atomic E-state index is 13.0. The lowest BCUT2D eigenvalue weighted by atomic mass is 9.99. The van der Waals surface area contributed by atoms with Crippen molar-refractivity contribution in [3.63, 3.8) is 0 Å². The van der Waals surface area contributed by atoms with Gasteiger partial charge in [-0.3, -0.25) is 4.79 Å². The Labute approximate surface area is 363 Å². The molecule has 1 heterocycles. The molecule has 1 saturated heterocycles. The molecule has 0 saturated carbocycles. The Bertz CT molecular complexity index is 935. The molecule has 1 aliphatic heterocycles. The van der Waals surface area contributed by atoms with Crippen LogP contribution < -0.4 is 5.32 Å². The fourth-order valence-corrected chi connectivity index (χ4v) is 8.27. The van der Waals surface area contributed by atoms with Crippen LogP contribution in [-0.4, -0.2) is 87.5 Å². The van der Waals surface area contributed by atoms with Crippen molar-refractivity contribution < 1.29 is 39.8 Å². The largest absolute Gasteiger partial charge is 0.394 e. The number of hydrogen-bond acceptors (Lipinski definition) is 8. The fourth-order valence-electron chi connectivity index (χ4n) is 8.27. The molecule has 350 valence electrons. The van der Waals surface area contributed by atoms with Crippen LogP contribution in [0.25, 0.3) is 0 Å². The maximum Gasteiger partial charge on any atom is 0.220 e. The molecular formula is C50H97NO8. The lowest BCUT2D eigenvalue weighted by Crippen LogP contribution is -2.60. The smallest absolute Gasteiger partial charge is 0.220 e. The Morgan fingerprint density at radius 1 is 0.559 bits per heavy atom. The molecule has 0 aromatic rings. The third-order valence-corrected chi connectivity index (χ3v) is 12.4. The monoisotopic (exact) mass is 840 g/mol. The minimum Gasteiger partial charge on any atom is -0.394 e. The van der Waals surface area contributed by atoms with Crippen LogP contribution in [0.4, 0.5) is 0 Å². The second-order valence-electron chi connectivity index (χ2n) is 18.0. The minimum absolute atomic E-state index is 0.145. The second kappa shape index (κ2) is 41.0. The maximum absolute atomic E-state index is 13.0. The topological polar surface area (TPSA) is 149 Å². The van der Waals surface area contributed by atoms with Crippen LogP contribution in [0.5, 0.6) is 0 Å². The third kappa shape index (κ3) is 31.4. The van der Waals surface area contributed by atoms with E-state index in [0.717, 1.165) is 44.9 Å². The summed E-state index contributed by atoms with van der Waals surface area (Å²) in [7, 11) is 0. The van der Waals surface area contributed by atoms with Gasteiger partial charge in [0.05, 0.1) is 25.4 Å². The van der Waals surface area contributed by atoms with Crippen LogP contribution in [0, 0.1) is 0 Å². The highest BCUT2D eigenvalue weighted by molar-refractivity contribution is 5.76. The zero-order chi connectivity index (χ0) is 43.0. The van der Waals surface area contributed by atoms with Crippen LogP contribution in [0.15, 0.2) is 12.2 Å². The van der Waals surface area contributed by atoms with E-state index < -0.39 is 49.5 Å². The van der Waals surface area contributed by atoms with Gasteiger partial charge in [-0.05, 0) is 38.5 Å². The van der Waals surface area contributed by atoms with E-state index in [4.69, 9.17) is 9.47 Å². The van der Waals surface area contributed by atoms with Gasteiger partial charge in [0, 0.05) is 6.42 Å². The van der Waals surface area contributed by atoms with E-state index in [2.05, 4.69) is 31.3 Å². The first kappa shape index (κ1) is 55.9.